The second-order valence-electron chi connectivity index (χ2n) is 5.18. The highest BCUT2D eigenvalue weighted by atomic mass is 16.4. The smallest absolute Gasteiger partial charge is 0.335 e. The first kappa shape index (κ1) is 16.2. The number of hydrogen-bond donors (Lipinski definition) is 3. The van der Waals surface area contributed by atoms with Crippen LogP contribution in [0.4, 0.5) is 0 Å². The van der Waals surface area contributed by atoms with E-state index < -0.39 is 5.97 Å². The number of amides is 1. The maximum Gasteiger partial charge on any atom is 0.335 e. The molecular formula is C15H22N2O3. The van der Waals surface area contributed by atoms with Gasteiger partial charge in [-0.25, -0.2) is 4.79 Å². The molecule has 110 valence electrons. The zero-order chi connectivity index (χ0) is 15.1. The van der Waals surface area contributed by atoms with E-state index in [0.717, 1.165) is 12.0 Å². The second-order valence-corrected chi connectivity index (χ2v) is 5.18. The lowest BCUT2D eigenvalue weighted by Gasteiger charge is -2.19. The van der Waals surface area contributed by atoms with Crippen molar-refractivity contribution >= 4 is 11.9 Å². The molecule has 1 rings (SSSR count). The molecule has 0 bridgehead atoms. The van der Waals surface area contributed by atoms with E-state index in [4.69, 9.17) is 5.11 Å². The molecule has 20 heavy (non-hydrogen) atoms. The lowest BCUT2D eigenvalue weighted by atomic mass is 10.0. The summed E-state index contributed by atoms with van der Waals surface area (Å²) >= 11 is 0. The van der Waals surface area contributed by atoms with Gasteiger partial charge in [-0.15, -0.1) is 0 Å². The largest absolute Gasteiger partial charge is 0.478 e. The molecule has 1 unspecified atom stereocenters. The van der Waals surface area contributed by atoms with Crippen molar-refractivity contribution in [3.05, 3.63) is 35.4 Å². The molecule has 3 N–H and O–H groups in total. The number of carboxylic acids is 1. The Labute approximate surface area is 119 Å². The average Bonchev–Trinajstić information content (AvgIpc) is 2.42. The molecule has 0 aliphatic heterocycles. The van der Waals surface area contributed by atoms with Crippen LogP contribution in [-0.4, -0.2) is 30.1 Å². The molecule has 0 saturated heterocycles. The summed E-state index contributed by atoms with van der Waals surface area (Å²) in [5.74, 6) is -0.549. The van der Waals surface area contributed by atoms with Crippen LogP contribution in [-0.2, 0) is 11.3 Å². The molecule has 1 atom stereocenters. The lowest BCUT2D eigenvalue weighted by molar-refractivity contribution is -0.123. The Morgan fingerprint density at radius 1 is 1.20 bits per heavy atom. The molecule has 0 saturated carbocycles. The molecule has 0 spiro atoms. The number of nitrogens with one attached hydrogen (secondary N) is 2. The molecule has 0 radical (unpaired) electrons. The van der Waals surface area contributed by atoms with Gasteiger partial charge in [0, 0.05) is 13.6 Å². The molecule has 5 heteroatoms. The van der Waals surface area contributed by atoms with E-state index in [1.807, 2.05) is 0 Å². The van der Waals surface area contributed by atoms with Gasteiger partial charge in [-0.1, -0.05) is 26.0 Å². The minimum absolute atomic E-state index is 0.0270. The van der Waals surface area contributed by atoms with Gasteiger partial charge >= 0.3 is 5.97 Å². The van der Waals surface area contributed by atoms with Crippen molar-refractivity contribution in [2.75, 3.05) is 7.05 Å². The van der Waals surface area contributed by atoms with Crippen LogP contribution >= 0.6 is 0 Å². The number of aromatic carboxylic acids is 1. The van der Waals surface area contributed by atoms with Gasteiger partial charge in [0.2, 0.25) is 5.91 Å². The minimum Gasteiger partial charge on any atom is -0.478 e. The van der Waals surface area contributed by atoms with Crippen LogP contribution in [0.25, 0.3) is 0 Å². The van der Waals surface area contributed by atoms with Gasteiger partial charge in [-0.2, -0.15) is 0 Å². The third kappa shape index (κ3) is 5.01. The van der Waals surface area contributed by atoms with Crippen LogP contribution in [0, 0.1) is 5.92 Å². The van der Waals surface area contributed by atoms with Crippen LogP contribution < -0.4 is 10.6 Å². The number of hydrogen-bond acceptors (Lipinski definition) is 3. The Balaban J connectivity index is 2.62. The summed E-state index contributed by atoms with van der Waals surface area (Å²) in [5.41, 5.74) is 1.21. The molecule has 0 aliphatic carbocycles. The van der Waals surface area contributed by atoms with E-state index in [1.54, 1.807) is 31.3 Å². The Bertz CT molecular complexity index is 455. The third-order valence-corrected chi connectivity index (χ3v) is 3.02. The zero-order valence-electron chi connectivity index (χ0n) is 12.1. The first-order chi connectivity index (χ1) is 9.43. The third-order valence-electron chi connectivity index (χ3n) is 3.02. The summed E-state index contributed by atoms with van der Waals surface area (Å²) in [6.07, 6.45) is 0.757. The minimum atomic E-state index is -0.937. The van der Waals surface area contributed by atoms with Gasteiger partial charge in [-0.05, 0) is 30.0 Å². The molecule has 1 amide bonds. The summed E-state index contributed by atoms with van der Waals surface area (Å²) in [6.45, 7) is 4.67. The number of carboxylic acid groups (broad SMARTS) is 1. The summed E-state index contributed by atoms with van der Waals surface area (Å²) in [5, 5.41) is 14.7. The number of benzene rings is 1. The highest BCUT2D eigenvalue weighted by molar-refractivity contribution is 5.87. The monoisotopic (exact) mass is 278 g/mol. The number of rotatable bonds is 7. The Hall–Kier alpha value is -1.88. The zero-order valence-corrected chi connectivity index (χ0v) is 12.1. The fraction of sp³-hybridized carbons (Fsp3) is 0.467. The first-order valence-electron chi connectivity index (χ1n) is 6.71. The fourth-order valence-electron chi connectivity index (χ4n) is 1.93. The van der Waals surface area contributed by atoms with Gasteiger partial charge < -0.3 is 15.7 Å². The number of likely N-dealkylation sites (N-methyl/N-ethyl adjacent to an activating group) is 1. The number of carbonyl (C=O) groups excluding carboxylic acids is 1. The Morgan fingerprint density at radius 2 is 1.80 bits per heavy atom. The summed E-state index contributed by atoms with van der Waals surface area (Å²) in [6, 6.07) is 6.41. The summed E-state index contributed by atoms with van der Waals surface area (Å²) in [7, 11) is 1.62. The lowest BCUT2D eigenvalue weighted by Crippen LogP contribution is -2.43. The average molecular weight is 278 g/mol. The SMILES string of the molecule is CNC(=O)C(CC(C)C)NCc1ccc(C(=O)O)cc1. The first-order valence-corrected chi connectivity index (χ1v) is 6.71. The summed E-state index contributed by atoms with van der Waals surface area (Å²) in [4.78, 5) is 22.5. The van der Waals surface area contributed by atoms with Crippen LogP contribution in [0.5, 0.6) is 0 Å². The molecule has 0 heterocycles. The quantitative estimate of drug-likeness (QED) is 0.708. The molecule has 0 aliphatic rings. The van der Waals surface area contributed by atoms with Crippen molar-refractivity contribution in [1.82, 2.24) is 10.6 Å². The van der Waals surface area contributed by atoms with Gasteiger partial charge in [0.05, 0.1) is 11.6 Å². The van der Waals surface area contributed by atoms with E-state index in [1.165, 1.54) is 0 Å². The predicted octanol–water partition coefficient (Wildman–Crippen LogP) is 1.64. The van der Waals surface area contributed by atoms with E-state index in [-0.39, 0.29) is 17.5 Å². The van der Waals surface area contributed by atoms with Crippen LogP contribution in [0.3, 0.4) is 0 Å². The molecule has 1 aromatic rings. The van der Waals surface area contributed by atoms with Crippen molar-refractivity contribution in [1.29, 1.82) is 0 Å². The highest BCUT2D eigenvalue weighted by Gasteiger charge is 2.17. The molecule has 1 aromatic carbocycles. The second kappa shape index (κ2) is 7.65. The molecule has 0 aromatic heterocycles. The van der Waals surface area contributed by atoms with Gasteiger partial charge in [0.25, 0.3) is 0 Å². The Kier molecular flexibility index (Phi) is 6.18. The van der Waals surface area contributed by atoms with Crippen LogP contribution in [0.2, 0.25) is 0 Å². The molecular weight excluding hydrogens is 256 g/mol. The maximum atomic E-state index is 11.8. The maximum absolute atomic E-state index is 11.8. The highest BCUT2D eigenvalue weighted by Crippen LogP contribution is 2.08. The van der Waals surface area contributed by atoms with E-state index in [0.29, 0.717) is 12.5 Å². The van der Waals surface area contributed by atoms with Crippen molar-refractivity contribution in [2.45, 2.75) is 32.9 Å². The van der Waals surface area contributed by atoms with Gasteiger partial charge in [0.15, 0.2) is 0 Å². The fourth-order valence-corrected chi connectivity index (χ4v) is 1.93. The van der Waals surface area contributed by atoms with Crippen molar-refractivity contribution in [3.8, 4) is 0 Å². The number of carbonyl (C=O) groups is 2. The van der Waals surface area contributed by atoms with Crippen LogP contribution in [0.15, 0.2) is 24.3 Å². The van der Waals surface area contributed by atoms with Gasteiger partial charge in [-0.3, -0.25) is 4.79 Å². The van der Waals surface area contributed by atoms with Crippen molar-refractivity contribution in [2.24, 2.45) is 5.92 Å². The predicted molar refractivity (Wildman–Crippen MR) is 77.6 cm³/mol. The standard InChI is InChI=1S/C15H22N2O3/c1-10(2)8-13(14(18)16-3)17-9-11-4-6-12(7-5-11)15(19)20/h4-7,10,13,17H,8-9H2,1-3H3,(H,16,18)(H,19,20). The Morgan fingerprint density at radius 3 is 2.25 bits per heavy atom. The summed E-state index contributed by atoms with van der Waals surface area (Å²) < 4.78 is 0. The molecule has 5 nitrogen and oxygen atoms in total. The van der Waals surface area contributed by atoms with Crippen molar-refractivity contribution < 1.29 is 14.7 Å². The van der Waals surface area contributed by atoms with Crippen LogP contribution in [0.1, 0.15) is 36.2 Å². The van der Waals surface area contributed by atoms with Crippen molar-refractivity contribution in [3.63, 3.8) is 0 Å². The molecule has 0 fully saturated rings. The van der Waals surface area contributed by atoms with Gasteiger partial charge in [0.1, 0.15) is 0 Å². The van der Waals surface area contributed by atoms with E-state index >= 15 is 0 Å². The van der Waals surface area contributed by atoms with E-state index in [9.17, 15) is 9.59 Å². The van der Waals surface area contributed by atoms with E-state index in [2.05, 4.69) is 24.5 Å². The normalized spacial score (nSPS) is 12.2. The topological polar surface area (TPSA) is 78.4 Å².